The van der Waals surface area contributed by atoms with Gasteiger partial charge in [-0.25, -0.2) is 9.59 Å². The Bertz CT molecular complexity index is 324. The van der Waals surface area contributed by atoms with E-state index in [-0.39, 0.29) is 12.1 Å². The molecule has 1 aliphatic carbocycles. The summed E-state index contributed by atoms with van der Waals surface area (Å²) < 4.78 is 0. The van der Waals surface area contributed by atoms with Crippen LogP contribution in [0.2, 0.25) is 0 Å². The maximum atomic E-state index is 12.0. The number of urea groups is 1. The van der Waals surface area contributed by atoms with Crippen LogP contribution < -0.4 is 5.32 Å². The Labute approximate surface area is 108 Å². The summed E-state index contributed by atoms with van der Waals surface area (Å²) in [6.07, 6.45) is 4.30. The van der Waals surface area contributed by atoms with E-state index < -0.39 is 12.0 Å². The standard InChI is InChI=1S/C13H22N2O3/c1-4-7-15(9(2)3)13(18)14-11(12(16)17)8-10-5-6-10/h4,9-11H,1,5-8H2,2-3H3,(H,14,18)(H,16,17). The van der Waals surface area contributed by atoms with E-state index in [2.05, 4.69) is 11.9 Å². The smallest absolute Gasteiger partial charge is 0.326 e. The van der Waals surface area contributed by atoms with Gasteiger partial charge in [-0.1, -0.05) is 18.9 Å². The van der Waals surface area contributed by atoms with E-state index in [0.717, 1.165) is 12.8 Å². The zero-order chi connectivity index (χ0) is 13.7. The lowest BCUT2D eigenvalue weighted by atomic mass is 10.1. The second-order valence-corrected chi connectivity index (χ2v) is 5.05. The SMILES string of the molecule is C=CCN(C(=O)NC(CC1CC1)C(=O)O)C(C)C. The van der Waals surface area contributed by atoms with Gasteiger partial charge in [0.2, 0.25) is 0 Å². The lowest BCUT2D eigenvalue weighted by molar-refractivity contribution is -0.139. The summed E-state index contributed by atoms with van der Waals surface area (Å²) in [4.78, 5) is 24.7. The Morgan fingerprint density at radius 3 is 2.50 bits per heavy atom. The first-order chi connectivity index (χ1) is 8.45. The highest BCUT2D eigenvalue weighted by Crippen LogP contribution is 2.33. The van der Waals surface area contributed by atoms with Gasteiger partial charge in [0, 0.05) is 12.6 Å². The summed E-state index contributed by atoms with van der Waals surface area (Å²) in [7, 11) is 0. The maximum Gasteiger partial charge on any atom is 0.326 e. The molecule has 2 amide bonds. The van der Waals surface area contributed by atoms with Crippen molar-refractivity contribution in [2.75, 3.05) is 6.54 Å². The predicted octanol–water partition coefficient (Wildman–Crippen LogP) is 1.85. The van der Waals surface area contributed by atoms with Gasteiger partial charge in [0.15, 0.2) is 0 Å². The zero-order valence-corrected chi connectivity index (χ0v) is 11.1. The van der Waals surface area contributed by atoms with Crippen LogP contribution in [-0.2, 0) is 4.79 Å². The molecule has 1 aliphatic rings. The van der Waals surface area contributed by atoms with Crippen LogP contribution in [0.3, 0.4) is 0 Å². The molecule has 0 aromatic carbocycles. The number of nitrogens with one attached hydrogen (secondary N) is 1. The fraction of sp³-hybridized carbons (Fsp3) is 0.692. The third kappa shape index (κ3) is 4.39. The fourth-order valence-electron chi connectivity index (χ4n) is 1.81. The summed E-state index contributed by atoms with van der Waals surface area (Å²) in [5.74, 6) is -0.504. The van der Waals surface area contributed by atoms with Crippen LogP contribution in [0.4, 0.5) is 4.79 Å². The number of carbonyl (C=O) groups excluding carboxylic acids is 1. The second kappa shape index (κ2) is 6.42. The van der Waals surface area contributed by atoms with Crippen molar-refractivity contribution < 1.29 is 14.7 Å². The molecule has 0 radical (unpaired) electrons. The third-order valence-electron chi connectivity index (χ3n) is 3.07. The number of aliphatic carboxylic acids is 1. The van der Waals surface area contributed by atoms with Gasteiger partial charge in [0.05, 0.1) is 0 Å². The molecule has 0 spiro atoms. The highest BCUT2D eigenvalue weighted by molar-refractivity contribution is 5.82. The lowest BCUT2D eigenvalue weighted by Gasteiger charge is -2.27. The van der Waals surface area contributed by atoms with Crippen LogP contribution in [0.15, 0.2) is 12.7 Å². The van der Waals surface area contributed by atoms with Gasteiger partial charge in [0.1, 0.15) is 6.04 Å². The first-order valence-electron chi connectivity index (χ1n) is 6.36. The molecule has 1 unspecified atom stereocenters. The van der Waals surface area contributed by atoms with Crippen molar-refractivity contribution in [3.8, 4) is 0 Å². The van der Waals surface area contributed by atoms with Gasteiger partial charge in [-0.3, -0.25) is 0 Å². The van der Waals surface area contributed by atoms with Gasteiger partial charge < -0.3 is 15.3 Å². The minimum atomic E-state index is -0.961. The Hall–Kier alpha value is -1.52. The molecule has 0 aromatic heterocycles. The molecule has 5 heteroatoms. The van der Waals surface area contributed by atoms with Crippen molar-refractivity contribution in [3.63, 3.8) is 0 Å². The molecule has 0 saturated heterocycles. The second-order valence-electron chi connectivity index (χ2n) is 5.05. The normalized spacial score (nSPS) is 16.2. The summed E-state index contributed by atoms with van der Waals surface area (Å²) in [5, 5.41) is 11.7. The van der Waals surface area contributed by atoms with Crippen LogP contribution in [0.5, 0.6) is 0 Å². The number of amides is 2. The molecule has 1 atom stereocenters. The average Bonchev–Trinajstić information content (AvgIpc) is 3.07. The van der Waals surface area contributed by atoms with E-state index in [9.17, 15) is 9.59 Å². The van der Waals surface area contributed by atoms with Crippen LogP contribution >= 0.6 is 0 Å². The van der Waals surface area contributed by atoms with E-state index in [0.29, 0.717) is 18.9 Å². The summed E-state index contributed by atoms with van der Waals surface area (Å²) in [6, 6.07) is -1.10. The summed E-state index contributed by atoms with van der Waals surface area (Å²) in [5.41, 5.74) is 0. The number of hydrogen-bond acceptors (Lipinski definition) is 2. The molecule has 18 heavy (non-hydrogen) atoms. The Balaban J connectivity index is 2.56. The Morgan fingerprint density at radius 1 is 1.50 bits per heavy atom. The van der Waals surface area contributed by atoms with Crippen LogP contribution in [0, 0.1) is 5.92 Å². The number of rotatable bonds is 7. The van der Waals surface area contributed by atoms with Crippen LogP contribution in [0.25, 0.3) is 0 Å². The van der Waals surface area contributed by atoms with Gasteiger partial charge in [-0.2, -0.15) is 0 Å². The Morgan fingerprint density at radius 2 is 2.11 bits per heavy atom. The van der Waals surface area contributed by atoms with Gasteiger partial charge in [0.25, 0.3) is 0 Å². The van der Waals surface area contributed by atoms with E-state index >= 15 is 0 Å². The van der Waals surface area contributed by atoms with E-state index in [1.165, 1.54) is 0 Å². The third-order valence-corrected chi connectivity index (χ3v) is 3.07. The first-order valence-corrected chi connectivity index (χ1v) is 6.36. The molecule has 0 bridgehead atoms. The average molecular weight is 254 g/mol. The molecule has 0 aliphatic heterocycles. The maximum absolute atomic E-state index is 12.0. The molecule has 0 aromatic rings. The predicted molar refractivity (Wildman–Crippen MR) is 69.3 cm³/mol. The van der Waals surface area contributed by atoms with Crippen LogP contribution in [0.1, 0.15) is 33.1 Å². The first kappa shape index (κ1) is 14.5. The quantitative estimate of drug-likeness (QED) is 0.681. The summed E-state index contributed by atoms with van der Waals surface area (Å²) >= 11 is 0. The van der Waals surface area contributed by atoms with Gasteiger partial charge in [-0.05, 0) is 26.2 Å². The van der Waals surface area contributed by atoms with Crippen molar-refractivity contribution in [3.05, 3.63) is 12.7 Å². The fourth-order valence-corrected chi connectivity index (χ4v) is 1.81. The van der Waals surface area contributed by atoms with Crippen LogP contribution in [-0.4, -0.2) is 40.6 Å². The molecule has 102 valence electrons. The Kier molecular flexibility index (Phi) is 5.19. The molecule has 5 nitrogen and oxygen atoms in total. The number of carboxylic acid groups (broad SMARTS) is 1. The largest absolute Gasteiger partial charge is 0.480 e. The molecule has 1 rings (SSSR count). The van der Waals surface area contributed by atoms with Gasteiger partial charge >= 0.3 is 12.0 Å². The highest BCUT2D eigenvalue weighted by Gasteiger charge is 2.31. The molecule has 0 heterocycles. The van der Waals surface area contributed by atoms with Crippen molar-refractivity contribution in [2.24, 2.45) is 5.92 Å². The molecule has 2 N–H and O–H groups in total. The zero-order valence-electron chi connectivity index (χ0n) is 11.1. The van der Waals surface area contributed by atoms with E-state index in [4.69, 9.17) is 5.11 Å². The van der Waals surface area contributed by atoms with E-state index in [1.54, 1.807) is 11.0 Å². The van der Waals surface area contributed by atoms with Gasteiger partial charge in [-0.15, -0.1) is 6.58 Å². The molecular weight excluding hydrogens is 232 g/mol. The summed E-state index contributed by atoms with van der Waals surface area (Å²) in [6.45, 7) is 7.79. The van der Waals surface area contributed by atoms with E-state index in [1.807, 2.05) is 13.8 Å². The molecular formula is C13H22N2O3. The number of nitrogens with zero attached hydrogens (tertiary/aromatic N) is 1. The number of carboxylic acids is 1. The number of carbonyl (C=O) groups is 2. The van der Waals surface area contributed by atoms with Crippen molar-refractivity contribution in [2.45, 2.75) is 45.2 Å². The molecule has 1 fully saturated rings. The minimum absolute atomic E-state index is 0.0124. The highest BCUT2D eigenvalue weighted by atomic mass is 16.4. The lowest BCUT2D eigenvalue weighted by Crippen LogP contribution is -2.50. The number of hydrogen-bond donors (Lipinski definition) is 2. The molecule has 1 saturated carbocycles. The van der Waals surface area contributed by atoms with Crippen molar-refractivity contribution >= 4 is 12.0 Å². The van der Waals surface area contributed by atoms with Crippen molar-refractivity contribution in [1.82, 2.24) is 10.2 Å². The van der Waals surface area contributed by atoms with Crippen molar-refractivity contribution in [1.29, 1.82) is 0 Å². The topological polar surface area (TPSA) is 69.6 Å². The minimum Gasteiger partial charge on any atom is -0.480 e. The monoisotopic (exact) mass is 254 g/mol.